The molecule has 0 radical (unpaired) electrons. The van der Waals surface area contributed by atoms with Gasteiger partial charge in [-0.05, 0) is 26.0 Å². The molecular formula is C12H17F3N2O. The van der Waals surface area contributed by atoms with Crippen LogP contribution in [0.15, 0.2) is 18.2 Å². The lowest BCUT2D eigenvalue weighted by Crippen LogP contribution is -2.34. The van der Waals surface area contributed by atoms with E-state index in [9.17, 15) is 13.2 Å². The smallest absolute Gasteiger partial charge is 0.405 e. The summed E-state index contributed by atoms with van der Waals surface area (Å²) < 4.78 is 42.5. The van der Waals surface area contributed by atoms with E-state index >= 15 is 0 Å². The molecule has 18 heavy (non-hydrogen) atoms. The highest BCUT2D eigenvalue weighted by Gasteiger charge is 2.30. The number of nitrogens with zero attached hydrogens (tertiary/aromatic N) is 1. The number of rotatable bonds is 5. The lowest BCUT2D eigenvalue weighted by Gasteiger charge is -2.25. The van der Waals surface area contributed by atoms with Gasteiger partial charge in [0.1, 0.15) is 12.3 Å². The standard InChI is InChI=1S/C12H17F3N2O/c1-3-17(8-12(13,14)15)9-5-6-10(16)11(7-9)18-4-2/h5-7H,3-4,8,16H2,1-2H3. The molecule has 3 nitrogen and oxygen atoms in total. The van der Waals surface area contributed by atoms with Crippen molar-refractivity contribution in [2.75, 3.05) is 30.3 Å². The Labute approximate surface area is 104 Å². The molecule has 6 heteroatoms. The highest BCUT2D eigenvalue weighted by molar-refractivity contribution is 5.62. The summed E-state index contributed by atoms with van der Waals surface area (Å²) in [5.41, 5.74) is 6.55. The van der Waals surface area contributed by atoms with E-state index in [1.54, 1.807) is 26.0 Å². The number of anilines is 2. The van der Waals surface area contributed by atoms with Crippen molar-refractivity contribution in [3.8, 4) is 5.75 Å². The summed E-state index contributed by atoms with van der Waals surface area (Å²) in [6.07, 6.45) is -4.23. The van der Waals surface area contributed by atoms with Gasteiger partial charge in [-0.25, -0.2) is 0 Å². The molecule has 1 aromatic carbocycles. The van der Waals surface area contributed by atoms with Crippen LogP contribution in [-0.4, -0.2) is 25.9 Å². The summed E-state index contributed by atoms with van der Waals surface area (Å²) in [7, 11) is 0. The number of ether oxygens (including phenoxy) is 1. The van der Waals surface area contributed by atoms with E-state index in [0.29, 0.717) is 23.7 Å². The Morgan fingerprint density at radius 3 is 2.44 bits per heavy atom. The van der Waals surface area contributed by atoms with Crippen LogP contribution in [0.5, 0.6) is 5.75 Å². The van der Waals surface area contributed by atoms with Gasteiger partial charge in [-0.1, -0.05) is 0 Å². The van der Waals surface area contributed by atoms with E-state index in [1.165, 1.54) is 11.0 Å². The second kappa shape index (κ2) is 5.84. The molecule has 0 heterocycles. The number of benzene rings is 1. The second-order valence-corrected chi connectivity index (χ2v) is 3.78. The number of nitrogens with two attached hydrogens (primary N) is 1. The van der Waals surface area contributed by atoms with E-state index in [1.807, 2.05) is 0 Å². The van der Waals surface area contributed by atoms with Crippen molar-refractivity contribution in [2.45, 2.75) is 20.0 Å². The molecule has 0 bridgehead atoms. The van der Waals surface area contributed by atoms with Crippen LogP contribution in [0.2, 0.25) is 0 Å². The molecule has 0 unspecified atom stereocenters. The fourth-order valence-corrected chi connectivity index (χ4v) is 1.60. The molecule has 0 aromatic heterocycles. The van der Waals surface area contributed by atoms with Crippen LogP contribution in [0.3, 0.4) is 0 Å². The lowest BCUT2D eigenvalue weighted by molar-refractivity contribution is -0.119. The molecule has 0 aliphatic carbocycles. The van der Waals surface area contributed by atoms with Gasteiger partial charge in [0, 0.05) is 18.3 Å². The Morgan fingerprint density at radius 2 is 1.94 bits per heavy atom. The summed E-state index contributed by atoms with van der Waals surface area (Å²) in [4.78, 5) is 1.22. The summed E-state index contributed by atoms with van der Waals surface area (Å²) in [6.45, 7) is 3.15. The molecule has 1 rings (SSSR count). The van der Waals surface area contributed by atoms with Gasteiger partial charge in [-0.15, -0.1) is 0 Å². The number of nitrogen functional groups attached to an aromatic ring is 1. The first-order chi connectivity index (χ1) is 8.37. The van der Waals surface area contributed by atoms with Crippen molar-refractivity contribution in [3.05, 3.63) is 18.2 Å². The fourth-order valence-electron chi connectivity index (χ4n) is 1.60. The van der Waals surface area contributed by atoms with Gasteiger partial charge >= 0.3 is 6.18 Å². The molecule has 102 valence electrons. The maximum Gasteiger partial charge on any atom is 0.405 e. The number of hydrogen-bond acceptors (Lipinski definition) is 3. The minimum Gasteiger partial charge on any atom is -0.492 e. The summed E-state index contributed by atoms with van der Waals surface area (Å²) >= 11 is 0. The average Bonchev–Trinajstić information content (AvgIpc) is 2.28. The van der Waals surface area contributed by atoms with Gasteiger partial charge in [0.25, 0.3) is 0 Å². The average molecular weight is 262 g/mol. The van der Waals surface area contributed by atoms with Crippen LogP contribution in [-0.2, 0) is 0 Å². The van der Waals surface area contributed by atoms with E-state index < -0.39 is 12.7 Å². The number of halogens is 3. The minimum absolute atomic E-state index is 0.259. The Hall–Kier alpha value is -1.59. The van der Waals surface area contributed by atoms with E-state index in [-0.39, 0.29) is 6.54 Å². The van der Waals surface area contributed by atoms with E-state index in [4.69, 9.17) is 10.5 Å². The van der Waals surface area contributed by atoms with Gasteiger partial charge in [-0.2, -0.15) is 13.2 Å². The van der Waals surface area contributed by atoms with Crippen LogP contribution in [0.1, 0.15) is 13.8 Å². The van der Waals surface area contributed by atoms with Crippen LogP contribution >= 0.6 is 0 Å². The minimum atomic E-state index is -4.23. The first kappa shape index (κ1) is 14.5. The molecule has 0 saturated carbocycles. The first-order valence-electron chi connectivity index (χ1n) is 5.71. The molecule has 0 atom stereocenters. The molecule has 0 aliphatic heterocycles. The highest BCUT2D eigenvalue weighted by atomic mass is 19.4. The predicted octanol–water partition coefficient (Wildman–Crippen LogP) is 3.06. The number of alkyl halides is 3. The van der Waals surface area contributed by atoms with Crippen molar-refractivity contribution in [3.63, 3.8) is 0 Å². The third kappa shape index (κ3) is 4.01. The van der Waals surface area contributed by atoms with Gasteiger partial charge < -0.3 is 15.4 Å². The Bertz CT molecular complexity index is 393. The molecule has 0 amide bonds. The second-order valence-electron chi connectivity index (χ2n) is 3.78. The van der Waals surface area contributed by atoms with E-state index in [2.05, 4.69) is 0 Å². The number of hydrogen-bond donors (Lipinski definition) is 1. The van der Waals surface area contributed by atoms with Crippen LogP contribution in [0, 0.1) is 0 Å². The molecule has 1 aromatic rings. The largest absolute Gasteiger partial charge is 0.492 e. The topological polar surface area (TPSA) is 38.5 Å². The van der Waals surface area contributed by atoms with Crippen molar-refractivity contribution >= 4 is 11.4 Å². The molecule has 0 saturated heterocycles. The highest BCUT2D eigenvalue weighted by Crippen LogP contribution is 2.29. The maximum absolute atomic E-state index is 12.4. The predicted molar refractivity (Wildman–Crippen MR) is 66.0 cm³/mol. The first-order valence-corrected chi connectivity index (χ1v) is 5.71. The van der Waals surface area contributed by atoms with Crippen molar-refractivity contribution in [2.24, 2.45) is 0 Å². The zero-order valence-corrected chi connectivity index (χ0v) is 10.4. The summed E-state index contributed by atoms with van der Waals surface area (Å²) in [5, 5.41) is 0. The van der Waals surface area contributed by atoms with Crippen LogP contribution in [0.4, 0.5) is 24.5 Å². The zero-order valence-electron chi connectivity index (χ0n) is 10.4. The molecular weight excluding hydrogens is 245 g/mol. The molecule has 0 spiro atoms. The lowest BCUT2D eigenvalue weighted by atomic mass is 10.2. The molecule has 0 fully saturated rings. The van der Waals surface area contributed by atoms with Gasteiger partial charge in [0.2, 0.25) is 0 Å². The van der Waals surface area contributed by atoms with Crippen LogP contribution in [0.25, 0.3) is 0 Å². The van der Waals surface area contributed by atoms with Gasteiger partial charge in [0.05, 0.1) is 12.3 Å². The normalized spacial score (nSPS) is 11.4. The van der Waals surface area contributed by atoms with Gasteiger partial charge in [-0.3, -0.25) is 0 Å². The monoisotopic (exact) mass is 262 g/mol. The van der Waals surface area contributed by atoms with Crippen molar-refractivity contribution < 1.29 is 17.9 Å². The SMILES string of the molecule is CCOc1cc(N(CC)CC(F)(F)F)ccc1N. The quantitative estimate of drug-likeness (QED) is 0.829. The fraction of sp³-hybridized carbons (Fsp3) is 0.500. The van der Waals surface area contributed by atoms with Crippen LogP contribution < -0.4 is 15.4 Å². The van der Waals surface area contributed by atoms with Crippen molar-refractivity contribution in [1.29, 1.82) is 0 Å². The third-order valence-corrected chi connectivity index (χ3v) is 2.41. The third-order valence-electron chi connectivity index (χ3n) is 2.41. The zero-order chi connectivity index (χ0) is 13.8. The maximum atomic E-state index is 12.4. The summed E-state index contributed by atoms with van der Waals surface area (Å²) in [6, 6.07) is 4.65. The molecule has 2 N–H and O–H groups in total. The molecule has 0 aliphatic rings. The Kier molecular flexibility index (Phi) is 4.69. The van der Waals surface area contributed by atoms with Gasteiger partial charge in [0.15, 0.2) is 0 Å². The Morgan fingerprint density at radius 1 is 1.28 bits per heavy atom. The Balaban J connectivity index is 2.96. The van der Waals surface area contributed by atoms with E-state index in [0.717, 1.165) is 0 Å². The van der Waals surface area contributed by atoms with Crippen molar-refractivity contribution in [1.82, 2.24) is 0 Å². The summed E-state index contributed by atoms with van der Waals surface area (Å²) in [5.74, 6) is 0.413.